The van der Waals surface area contributed by atoms with Crippen LogP contribution in [0.2, 0.25) is 0 Å². The lowest BCUT2D eigenvalue weighted by atomic mass is 10.1. The van der Waals surface area contributed by atoms with Crippen LogP contribution in [0, 0.1) is 18.6 Å². The van der Waals surface area contributed by atoms with E-state index in [1.54, 1.807) is 19.3 Å². The molecule has 2 aromatic carbocycles. The van der Waals surface area contributed by atoms with E-state index in [-0.39, 0.29) is 22.5 Å². The first-order chi connectivity index (χ1) is 17.3. The molecule has 1 aliphatic heterocycles. The molecular formula is C27H21F2N4O3+. The minimum absolute atomic E-state index is 0.00238. The molecule has 5 rings (SSSR count). The molecule has 0 saturated heterocycles. The van der Waals surface area contributed by atoms with E-state index in [9.17, 15) is 23.2 Å². The molecule has 2 amide bonds. The van der Waals surface area contributed by atoms with Crippen LogP contribution in [-0.2, 0) is 16.0 Å². The van der Waals surface area contributed by atoms with Gasteiger partial charge in [0.05, 0.1) is 16.9 Å². The summed E-state index contributed by atoms with van der Waals surface area (Å²) in [5, 5.41) is 2.92. The number of anilines is 1. The molecule has 3 heterocycles. The Kier molecular flexibility index (Phi) is 5.68. The van der Waals surface area contributed by atoms with Gasteiger partial charge in [-0.3, -0.25) is 19.5 Å². The average molecular weight is 487 g/mol. The number of imide groups is 1. The smallest absolute Gasteiger partial charge is 0.295 e. The maximum atomic E-state index is 13.7. The van der Waals surface area contributed by atoms with Crippen molar-refractivity contribution in [1.82, 2.24) is 9.78 Å². The molecule has 4 aromatic rings. The molecule has 0 unspecified atom stereocenters. The number of nitrogens with one attached hydrogen (secondary N) is 1. The van der Waals surface area contributed by atoms with Crippen LogP contribution in [0.15, 0.2) is 77.9 Å². The summed E-state index contributed by atoms with van der Waals surface area (Å²) in [7, 11) is 0. The Morgan fingerprint density at radius 3 is 1.92 bits per heavy atom. The Hall–Kier alpha value is -4.66. The largest absolute Gasteiger partial charge is 0.331 e. The van der Waals surface area contributed by atoms with Gasteiger partial charge in [0.2, 0.25) is 0 Å². The summed E-state index contributed by atoms with van der Waals surface area (Å²) in [5.41, 5.74) is 1.28. The lowest BCUT2D eigenvalue weighted by Crippen LogP contribution is -2.39. The number of benzene rings is 2. The van der Waals surface area contributed by atoms with Crippen LogP contribution < -0.4 is 15.0 Å². The van der Waals surface area contributed by atoms with Crippen LogP contribution in [0.5, 0.6) is 0 Å². The Balaban J connectivity index is 1.73. The number of amides is 2. The molecule has 2 aromatic heterocycles. The molecule has 0 radical (unpaired) electrons. The van der Waals surface area contributed by atoms with Gasteiger partial charge in [0.15, 0.2) is 12.4 Å². The van der Waals surface area contributed by atoms with Crippen LogP contribution in [0.1, 0.15) is 23.7 Å². The molecule has 1 N–H and O–H groups in total. The molecule has 0 atom stereocenters. The Labute approximate surface area is 204 Å². The first kappa shape index (κ1) is 23.1. The third-order valence-electron chi connectivity index (χ3n) is 6.12. The number of halogens is 2. The van der Waals surface area contributed by atoms with Crippen molar-refractivity contribution in [2.24, 2.45) is 0 Å². The number of pyridine rings is 1. The maximum absolute atomic E-state index is 13.7. The van der Waals surface area contributed by atoms with Crippen molar-refractivity contribution in [3.05, 3.63) is 112 Å². The maximum Gasteiger partial charge on any atom is 0.331 e. The van der Waals surface area contributed by atoms with E-state index < -0.39 is 29.0 Å². The number of aromatic amines is 1. The molecule has 0 saturated carbocycles. The molecule has 0 aliphatic carbocycles. The fourth-order valence-corrected chi connectivity index (χ4v) is 4.26. The first-order valence-corrected chi connectivity index (χ1v) is 11.3. The van der Waals surface area contributed by atoms with E-state index in [0.717, 1.165) is 29.0 Å². The second-order valence-electron chi connectivity index (χ2n) is 8.34. The van der Waals surface area contributed by atoms with Gasteiger partial charge in [0, 0.05) is 17.8 Å². The predicted molar refractivity (Wildman–Crippen MR) is 129 cm³/mol. The third kappa shape index (κ3) is 3.74. The topological polar surface area (TPSA) is 79.1 Å². The number of rotatable bonds is 5. The van der Waals surface area contributed by atoms with Gasteiger partial charge in [-0.25, -0.2) is 18.4 Å². The van der Waals surface area contributed by atoms with Crippen molar-refractivity contribution in [2.75, 3.05) is 4.90 Å². The third-order valence-corrected chi connectivity index (χ3v) is 6.12. The molecule has 9 heteroatoms. The summed E-state index contributed by atoms with van der Waals surface area (Å²) >= 11 is 0. The van der Waals surface area contributed by atoms with E-state index in [0.29, 0.717) is 11.4 Å². The van der Waals surface area contributed by atoms with Crippen molar-refractivity contribution in [3.8, 4) is 5.69 Å². The number of carbonyl (C=O) groups excluding carboxylic acids is 2. The zero-order valence-corrected chi connectivity index (χ0v) is 19.5. The van der Waals surface area contributed by atoms with Gasteiger partial charge in [-0.15, -0.1) is 0 Å². The standard InChI is InChI=1S/C27H20F2N4O3/c1-3-17-12-14-31(15-13-17)24-23(25(34)32(27(24)36)20-8-4-18(28)5-9-20)22-16(2)30-33(26(22)35)21-10-6-19(29)7-11-21/h4-15H,3H2,1-2H3/p+1. The van der Waals surface area contributed by atoms with Crippen molar-refractivity contribution < 1.29 is 22.9 Å². The highest BCUT2D eigenvalue weighted by molar-refractivity contribution is 6.53. The first-order valence-electron chi connectivity index (χ1n) is 11.3. The van der Waals surface area contributed by atoms with Crippen LogP contribution >= 0.6 is 0 Å². The van der Waals surface area contributed by atoms with Gasteiger partial charge in [-0.2, -0.15) is 4.57 Å². The van der Waals surface area contributed by atoms with Crippen LogP contribution in [0.3, 0.4) is 0 Å². The Bertz CT molecular complexity index is 1580. The normalized spacial score (nSPS) is 13.7. The van der Waals surface area contributed by atoms with Crippen molar-refractivity contribution >= 4 is 28.8 Å². The molecule has 180 valence electrons. The lowest BCUT2D eigenvalue weighted by Gasteiger charge is -2.13. The number of hydrogen-bond donors (Lipinski definition) is 1. The molecule has 7 nitrogen and oxygen atoms in total. The summed E-state index contributed by atoms with van der Waals surface area (Å²) in [6.07, 6.45) is 4.10. The number of nitrogens with zero attached hydrogens (tertiary/aromatic N) is 3. The van der Waals surface area contributed by atoms with Gasteiger partial charge < -0.3 is 0 Å². The van der Waals surface area contributed by atoms with Crippen LogP contribution in [0.25, 0.3) is 17.0 Å². The highest BCUT2D eigenvalue weighted by atomic mass is 19.1. The molecule has 0 bridgehead atoms. The van der Waals surface area contributed by atoms with Gasteiger partial charge in [0.1, 0.15) is 17.2 Å². The lowest BCUT2D eigenvalue weighted by molar-refractivity contribution is -0.576. The quantitative estimate of drug-likeness (QED) is 0.346. The monoisotopic (exact) mass is 487 g/mol. The van der Waals surface area contributed by atoms with Crippen LogP contribution in [-0.4, -0.2) is 21.6 Å². The number of H-pyrrole nitrogens is 1. The van der Waals surface area contributed by atoms with E-state index in [4.69, 9.17) is 0 Å². The SMILES string of the molecule is CCc1cc[n+](C2=C(c3c(C)[nH]n(-c4ccc(F)cc4)c3=O)C(=O)N(c3ccc(F)cc3)C2=O)cc1. The van der Waals surface area contributed by atoms with Gasteiger partial charge in [-0.1, -0.05) is 6.92 Å². The van der Waals surface area contributed by atoms with E-state index in [2.05, 4.69) is 5.10 Å². The van der Waals surface area contributed by atoms with E-state index in [1.165, 1.54) is 45.6 Å². The minimum Gasteiger partial charge on any atom is -0.295 e. The molecule has 1 aliphatic rings. The zero-order valence-electron chi connectivity index (χ0n) is 19.5. The van der Waals surface area contributed by atoms with Crippen molar-refractivity contribution in [1.29, 1.82) is 0 Å². The molecule has 0 fully saturated rings. The highest BCUT2D eigenvalue weighted by Gasteiger charge is 2.48. The number of aromatic nitrogens is 3. The second-order valence-corrected chi connectivity index (χ2v) is 8.34. The summed E-state index contributed by atoms with van der Waals surface area (Å²) in [6.45, 7) is 3.61. The number of hydrogen-bond acceptors (Lipinski definition) is 3. The zero-order chi connectivity index (χ0) is 25.6. The van der Waals surface area contributed by atoms with E-state index >= 15 is 0 Å². The van der Waals surface area contributed by atoms with Crippen molar-refractivity contribution in [2.45, 2.75) is 20.3 Å². The number of carbonyl (C=O) groups is 2. The fraction of sp³-hybridized carbons (Fsp3) is 0.111. The molecular weight excluding hydrogens is 466 g/mol. The summed E-state index contributed by atoms with van der Waals surface area (Å²) in [6, 6.07) is 13.9. The molecule has 0 spiro atoms. The van der Waals surface area contributed by atoms with E-state index in [1.807, 2.05) is 19.1 Å². The van der Waals surface area contributed by atoms with Gasteiger partial charge in [-0.05, 0) is 67.4 Å². The van der Waals surface area contributed by atoms with Gasteiger partial charge >= 0.3 is 5.91 Å². The summed E-state index contributed by atoms with van der Waals surface area (Å²) in [4.78, 5) is 41.9. The Morgan fingerprint density at radius 2 is 1.36 bits per heavy atom. The minimum atomic E-state index is -0.709. The number of aryl methyl sites for hydroxylation is 2. The average Bonchev–Trinajstić information content (AvgIpc) is 3.31. The molecule has 36 heavy (non-hydrogen) atoms. The fourth-order valence-electron chi connectivity index (χ4n) is 4.26. The second kappa shape index (κ2) is 8.84. The summed E-state index contributed by atoms with van der Waals surface area (Å²) < 4.78 is 29.7. The van der Waals surface area contributed by atoms with Crippen LogP contribution in [0.4, 0.5) is 14.5 Å². The Morgan fingerprint density at radius 1 is 0.806 bits per heavy atom. The van der Waals surface area contributed by atoms with Gasteiger partial charge in [0.25, 0.3) is 17.2 Å². The highest BCUT2D eigenvalue weighted by Crippen LogP contribution is 2.33. The predicted octanol–water partition coefficient (Wildman–Crippen LogP) is 3.54. The van der Waals surface area contributed by atoms with Crippen molar-refractivity contribution in [3.63, 3.8) is 0 Å². The summed E-state index contributed by atoms with van der Waals surface area (Å²) in [5.74, 6) is -2.33.